The van der Waals surface area contributed by atoms with E-state index in [4.69, 9.17) is 9.57 Å². The summed E-state index contributed by atoms with van der Waals surface area (Å²) < 4.78 is 5.77. The van der Waals surface area contributed by atoms with E-state index in [0.717, 1.165) is 48.0 Å². The molecule has 1 aliphatic rings. The number of benzene rings is 2. The Morgan fingerprint density at radius 2 is 1.88 bits per heavy atom. The molecule has 6 heteroatoms. The van der Waals surface area contributed by atoms with Gasteiger partial charge in [0.15, 0.2) is 6.61 Å². The second-order valence-corrected chi connectivity index (χ2v) is 9.08. The van der Waals surface area contributed by atoms with Crippen LogP contribution in [0.4, 0.5) is 0 Å². The molecule has 0 aliphatic carbocycles. The number of nitrogens with one attached hydrogen (secondary N) is 1. The smallest absolute Gasteiger partial charge is 0.151 e. The molecular formula is C26H29N3O2S. The summed E-state index contributed by atoms with van der Waals surface area (Å²) in [7, 11) is 0. The van der Waals surface area contributed by atoms with Gasteiger partial charge < -0.3 is 14.9 Å². The maximum absolute atomic E-state index is 5.77. The zero-order chi connectivity index (χ0) is 22.0. The minimum atomic E-state index is 0.392. The standard InChI is InChI=1S/C26H29N3O2S/c1-20(23-9-10-24(28-17-23)15-21-5-3-2-4-6-21)29-31-14-13-30-25-11-7-22(8-12-25)16-26-18-27-19-32-26/h2-12,17,26-27H,13-16,18-19H2,1H3. The molecule has 4 rings (SSSR count). The quantitative estimate of drug-likeness (QED) is 0.277. The third-order valence-corrected chi connectivity index (χ3v) is 6.47. The molecule has 3 aromatic rings. The molecule has 5 nitrogen and oxygen atoms in total. The number of hydrogen-bond donors (Lipinski definition) is 1. The van der Waals surface area contributed by atoms with Crippen LogP contribution in [-0.4, -0.2) is 41.6 Å². The largest absolute Gasteiger partial charge is 0.490 e. The van der Waals surface area contributed by atoms with Crippen LogP contribution in [0.5, 0.6) is 5.75 Å². The van der Waals surface area contributed by atoms with Crippen molar-refractivity contribution >= 4 is 17.5 Å². The van der Waals surface area contributed by atoms with Gasteiger partial charge in [0.25, 0.3) is 0 Å². The molecule has 2 heterocycles. The number of thioether (sulfide) groups is 1. The van der Waals surface area contributed by atoms with Gasteiger partial charge in [0.05, 0.1) is 5.71 Å². The number of pyridine rings is 1. The van der Waals surface area contributed by atoms with Gasteiger partial charge in [-0.3, -0.25) is 4.98 Å². The summed E-state index contributed by atoms with van der Waals surface area (Å²) in [6.45, 7) is 3.86. The van der Waals surface area contributed by atoms with Gasteiger partial charge in [-0.25, -0.2) is 0 Å². The van der Waals surface area contributed by atoms with Gasteiger partial charge in [0.2, 0.25) is 0 Å². The minimum absolute atomic E-state index is 0.392. The van der Waals surface area contributed by atoms with Crippen LogP contribution >= 0.6 is 11.8 Å². The van der Waals surface area contributed by atoms with Crippen LogP contribution in [0.25, 0.3) is 0 Å². The molecule has 1 atom stereocenters. The first-order chi connectivity index (χ1) is 15.8. The van der Waals surface area contributed by atoms with Crippen molar-refractivity contribution in [2.75, 3.05) is 25.6 Å². The van der Waals surface area contributed by atoms with E-state index in [-0.39, 0.29) is 0 Å². The number of hydrogen-bond acceptors (Lipinski definition) is 6. The van der Waals surface area contributed by atoms with Crippen molar-refractivity contribution in [1.29, 1.82) is 0 Å². The van der Waals surface area contributed by atoms with E-state index >= 15 is 0 Å². The Balaban J connectivity index is 1.17. The molecule has 1 saturated heterocycles. The third-order valence-electron chi connectivity index (χ3n) is 5.30. The van der Waals surface area contributed by atoms with Crippen molar-refractivity contribution in [1.82, 2.24) is 10.3 Å². The second kappa shape index (κ2) is 11.7. The predicted octanol–water partition coefficient (Wildman–Crippen LogP) is 4.70. The highest BCUT2D eigenvalue weighted by molar-refractivity contribution is 8.00. The third kappa shape index (κ3) is 6.84. The second-order valence-electron chi connectivity index (χ2n) is 7.79. The molecule has 32 heavy (non-hydrogen) atoms. The molecular weight excluding hydrogens is 418 g/mol. The molecule has 1 aliphatic heterocycles. The zero-order valence-electron chi connectivity index (χ0n) is 18.4. The Morgan fingerprint density at radius 1 is 1.03 bits per heavy atom. The van der Waals surface area contributed by atoms with Crippen LogP contribution in [0.3, 0.4) is 0 Å². The molecule has 0 bridgehead atoms. The van der Waals surface area contributed by atoms with Gasteiger partial charge in [-0.05, 0) is 48.7 Å². The van der Waals surface area contributed by atoms with Crippen LogP contribution in [0.15, 0.2) is 78.1 Å². The summed E-state index contributed by atoms with van der Waals surface area (Å²) in [5, 5.41) is 8.26. The zero-order valence-corrected chi connectivity index (χ0v) is 19.2. The van der Waals surface area contributed by atoms with E-state index < -0.39 is 0 Å². The van der Waals surface area contributed by atoms with Crippen molar-refractivity contribution in [2.24, 2.45) is 5.16 Å². The van der Waals surface area contributed by atoms with Crippen molar-refractivity contribution in [2.45, 2.75) is 25.0 Å². The van der Waals surface area contributed by atoms with Gasteiger partial charge in [0, 0.05) is 41.5 Å². The first-order valence-corrected chi connectivity index (χ1v) is 12.0. The molecule has 1 N–H and O–H groups in total. The summed E-state index contributed by atoms with van der Waals surface area (Å²) in [5.74, 6) is 1.91. The van der Waals surface area contributed by atoms with E-state index in [1.807, 2.05) is 67.3 Å². The molecule has 2 aromatic carbocycles. The number of nitrogens with zero attached hydrogens (tertiary/aromatic N) is 2. The van der Waals surface area contributed by atoms with E-state index in [1.165, 1.54) is 11.1 Å². The van der Waals surface area contributed by atoms with E-state index in [2.05, 4.69) is 39.7 Å². The first kappa shape index (κ1) is 22.4. The van der Waals surface area contributed by atoms with Crippen molar-refractivity contribution in [3.8, 4) is 5.75 Å². The summed E-state index contributed by atoms with van der Waals surface area (Å²) in [4.78, 5) is 9.99. The fourth-order valence-electron chi connectivity index (χ4n) is 3.51. The SMILES string of the molecule is CC(=NOCCOc1ccc(CC2CNCS2)cc1)c1ccc(Cc2ccccc2)nc1. The maximum atomic E-state index is 5.77. The lowest BCUT2D eigenvalue weighted by molar-refractivity contribution is 0.107. The summed E-state index contributed by atoms with van der Waals surface area (Å²) in [5.41, 5.74) is 5.38. The lowest BCUT2D eigenvalue weighted by atomic mass is 10.1. The van der Waals surface area contributed by atoms with Gasteiger partial charge in [-0.15, -0.1) is 11.8 Å². The fraction of sp³-hybridized carbons (Fsp3) is 0.308. The monoisotopic (exact) mass is 447 g/mol. The number of aromatic nitrogens is 1. The molecule has 1 unspecified atom stereocenters. The Kier molecular flexibility index (Phi) is 8.17. The average molecular weight is 448 g/mol. The Bertz CT molecular complexity index is 986. The highest BCUT2D eigenvalue weighted by Gasteiger charge is 2.15. The lowest BCUT2D eigenvalue weighted by Crippen LogP contribution is -2.14. The van der Waals surface area contributed by atoms with Gasteiger partial charge in [-0.2, -0.15) is 0 Å². The van der Waals surface area contributed by atoms with Crippen LogP contribution in [0.2, 0.25) is 0 Å². The van der Waals surface area contributed by atoms with Crippen LogP contribution in [0.1, 0.15) is 29.3 Å². The molecule has 0 radical (unpaired) electrons. The van der Waals surface area contributed by atoms with Gasteiger partial charge in [0.1, 0.15) is 12.4 Å². The van der Waals surface area contributed by atoms with Crippen molar-refractivity contribution in [3.05, 3.63) is 95.3 Å². The number of oxime groups is 1. The van der Waals surface area contributed by atoms with Gasteiger partial charge in [-0.1, -0.05) is 47.6 Å². The highest BCUT2D eigenvalue weighted by atomic mass is 32.2. The Hall–Kier alpha value is -2.83. The summed E-state index contributed by atoms with van der Waals surface area (Å²) in [6.07, 6.45) is 3.76. The normalized spacial score (nSPS) is 16.2. The number of ether oxygens (including phenoxy) is 1. The van der Waals surface area contributed by atoms with E-state index in [9.17, 15) is 0 Å². The van der Waals surface area contributed by atoms with Crippen LogP contribution < -0.4 is 10.1 Å². The number of rotatable bonds is 10. The molecule has 166 valence electrons. The molecule has 0 spiro atoms. The van der Waals surface area contributed by atoms with Crippen LogP contribution in [-0.2, 0) is 17.7 Å². The molecule has 1 aromatic heterocycles. The predicted molar refractivity (Wildman–Crippen MR) is 132 cm³/mol. The Labute approximate surface area is 194 Å². The average Bonchev–Trinajstić information content (AvgIpc) is 3.34. The highest BCUT2D eigenvalue weighted by Crippen LogP contribution is 2.21. The summed E-state index contributed by atoms with van der Waals surface area (Å²) in [6, 6.07) is 22.8. The fourth-order valence-corrected chi connectivity index (χ4v) is 4.53. The maximum Gasteiger partial charge on any atom is 0.151 e. The minimum Gasteiger partial charge on any atom is -0.490 e. The molecule has 1 fully saturated rings. The summed E-state index contributed by atoms with van der Waals surface area (Å²) >= 11 is 1.99. The molecule has 0 saturated carbocycles. The van der Waals surface area contributed by atoms with E-state index in [0.29, 0.717) is 18.5 Å². The van der Waals surface area contributed by atoms with Gasteiger partial charge >= 0.3 is 0 Å². The van der Waals surface area contributed by atoms with Crippen LogP contribution in [0, 0.1) is 0 Å². The lowest BCUT2D eigenvalue weighted by Gasteiger charge is -2.09. The first-order valence-electron chi connectivity index (χ1n) is 11.0. The van der Waals surface area contributed by atoms with Crippen molar-refractivity contribution in [3.63, 3.8) is 0 Å². The topological polar surface area (TPSA) is 55.7 Å². The Morgan fingerprint density at radius 3 is 2.59 bits per heavy atom. The molecule has 0 amide bonds. The van der Waals surface area contributed by atoms with Crippen molar-refractivity contribution < 1.29 is 9.57 Å². The van der Waals surface area contributed by atoms with E-state index in [1.54, 1.807) is 0 Å².